The number of anilines is 1. The van der Waals surface area contributed by atoms with Crippen molar-refractivity contribution in [1.82, 2.24) is 15.5 Å². The molecular formula is C18H26N4O3. The number of amides is 3. The highest BCUT2D eigenvalue weighted by Gasteiger charge is 2.31. The van der Waals surface area contributed by atoms with Gasteiger partial charge >= 0.3 is 0 Å². The molecule has 0 saturated carbocycles. The molecule has 7 heteroatoms. The van der Waals surface area contributed by atoms with E-state index < -0.39 is 0 Å². The number of aryl methyl sites for hydroxylation is 1. The van der Waals surface area contributed by atoms with Gasteiger partial charge in [0.1, 0.15) is 0 Å². The van der Waals surface area contributed by atoms with E-state index in [4.69, 9.17) is 0 Å². The third-order valence-corrected chi connectivity index (χ3v) is 4.38. The summed E-state index contributed by atoms with van der Waals surface area (Å²) in [4.78, 5) is 37.7. The van der Waals surface area contributed by atoms with Crippen molar-refractivity contribution in [3.05, 3.63) is 29.8 Å². The smallest absolute Gasteiger partial charge is 0.243 e. The van der Waals surface area contributed by atoms with E-state index in [1.807, 2.05) is 36.1 Å². The lowest BCUT2D eigenvalue weighted by molar-refractivity contribution is -0.128. The van der Waals surface area contributed by atoms with Crippen LogP contribution in [-0.2, 0) is 20.8 Å². The number of para-hydroxylation sites is 1. The number of nitrogens with zero attached hydrogens (tertiary/aromatic N) is 1. The van der Waals surface area contributed by atoms with Crippen LogP contribution in [-0.4, -0.2) is 55.3 Å². The molecule has 1 heterocycles. The van der Waals surface area contributed by atoms with Crippen LogP contribution < -0.4 is 16.0 Å². The van der Waals surface area contributed by atoms with Crippen LogP contribution in [0.15, 0.2) is 24.3 Å². The van der Waals surface area contributed by atoms with E-state index in [-0.39, 0.29) is 36.9 Å². The van der Waals surface area contributed by atoms with Crippen molar-refractivity contribution in [2.24, 2.45) is 0 Å². The molecular weight excluding hydrogens is 320 g/mol. The average molecular weight is 346 g/mol. The summed E-state index contributed by atoms with van der Waals surface area (Å²) < 4.78 is 0. The molecule has 0 radical (unpaired) electrons. The molecule has 1 aliphatic rings. The van der Waals surface area contributed by atoms with Gasteiger partial charge in [-0.15, -0.1) is 0 Å². The molecule has 1 atom stereocenters. The van der Waals surface area contributed by atoms with Gasteiger partial charge in [-0.2, -0.15) is 0 Å². The quantitative estimate of drug-likeness (QED) is 0.671. The second-order valence-electron chi connectivity index (χ2n) is 6.08. The van der Waals surface area contributed by atoms with Crippen LogP contribution in [0.3, 0.4) is 0 Å². The van der Waals surface area contributed by atoms with Gasteiger partial charge in [-0.05, 0) is 37.4 Å². The zero-order valence-electron chi connectivity index (χ0n) is 14.8. The number of benzene rings is 1. The second kappa shape index (κ2) is 9.17. The van der Waals surface area contributed by atoms with Crippen LogP contribution in [0.1, 0.15) is 25.3 Å². The van der Waals surface area contributed by atoms with Gasteiger partial charge in [-0.1, -0.05) is 25.1 Å². The van der Waals surface area contributed by atoms with E-state index in [2.05, 4.69) is 16.0 Å². The third kappa shape index (κ3) is 5.29. The standard InChI is InChI=1S/C18H26N4O3/c1-3-13-7-4-5-8-14(13)21-16(23)11-20-17(24)12-22-10-6-9-15(22)18(25)19-2/h4-5,7-8,15H,3,6,9-12H2,1-2H3,(H,19,25)(H,20,24)(H,21,23). The predicted octanol–water partition coefficient (Wildman–Crippen LogP) is 0.514. The molecule has 1 fully saturated rings. The molecule has 7 nitrogen and oxygen atoms in total. The number of nitrogens with one attached hydrogen (secondary N) is 3. The first-order valence-electron chi connectivity index (χ1n) is 8.65. The van der Waals surface area contributed by atoms with Crippen LogP contribution in [0.5, 0.6) is 0 Å². The normalized spacial score (nSPS) is 17.1. The van der Waals surface area contributed by atoms with E-state index in [1.54, 1.807) is 7.05 Å². The zero-order valence-corrected chi connectivity index (χ0v) is 14.8. The van der Waals surface area contributed by atoms with Gasteiger partial charge in [0.15, 0.2) is 0 Å². The zero-order chi connectivity index (χ0) is 18.2. The highest BCUT2D eigenvalue weighted by Crippen LogP contribution is 2.17. The number of likely N-dealkylation sites (N-methyl/N-ethyl adjacent to an activating group) is 1. The highest BCUT2D eigenvalue weighted by atomic mass is 16.2. The Balaban J connectivity index is 1.79. The fourth-order valence-electron chi connectivity index (χ4n) is 3.04. The van der Waals surface area contributed by atoms with Gasteiger partial charge in [0.25, 0.3) is 0 Å². The van der Waals surface area contributed by atoms with E-state index >= 15 is 0 Å². The summed E-state index contributed by atoms with van der Waals surface area (Å²) in [6.07, 6.45) is 2.46. The van der Waals surface area contributed by atoms with Gasteiger partial charge < -0.3 is 16.0 Å². The lowest BCUT2D eigenvalue weighted by Crippen LogP contribution is -2.47. The monoisotopic (exact) mass is 346 g/mol. The number of hydrogen-bond acceptors (Lipinski definition) is 4. The molecule has 3 amide bonds. The highest BCUT2D eigenvalue weighted by molar-refractivity contribution is 5.95. The Labute approximate surface area is 148 Å². The van der Waals surface area contributed by atoms with Crippen molar-refractivity contribution < 1.29 is 14.4 Å². The second-order valence-corrected chi connectivity index (χ2v) is 6.08. The molecule has 3 N–H and O–H groups in total. The van der Waals surface area contributed by atoms with Gasteiger partial charge in [0.2, 0.25) is 17.7 Å². The van der Waals surface area contributed by atoms with Gasteiger partial charge in [0, 0.05) is 12.7 Å². The predicted molar refractivity (Wildman–Crippen MR) is 96.1 cm³/mol. The molecule has 1 aliphatic heterocycles. The molecule has 0 bridgehead atoms. The van der Waals surface area contributed by atoms with Gasteiger partial charge in [-0.25, -0.2) is 0 Å². The molecule has 1 aromatic carbocycles. The van der Waals surface area contributed by atoms with Crippen molar-refractivity contribution in [3.63, 3.8) is 0 Å². The Kier molecular flexibility index (Phi) is 6.94. The van der Waals surface area contributed by atoms with Crippen LogP contribution in [0.2, 0.25) is 0 Å². The molecule has 0 aromatic heterocycles. The maximum atomic E-state index is 12.1. The van der Waals surface area contributed by atoms with Gasteiger partial charge in [-0.3, -0.25) is 19.3 Å². The summed E-state index contributed by atoms with van der Waals surface area (Å²) in [6.45, 7) is 2.76. The average Bonchev–Trinajstić information content (AvgIpc) is 3.07. The summed E-state index contributed by atoms with van der Waals surface area (Å²) in [5.74, 6) is -0.590. The number of carbonyl (C=O) groups is 3. The summed E-state index contributed by atoms with van der Waals surface area (Å²) >= 11 is 0. The Morgan fingerprint density at radius 2 is 1.96 bits per heavy atom. The summed E-state index contributed by atoms with van der Waals surface area (Å²) in [5.41, 5.74) is 1.82. The van der Waals surface area contributed by atoms with Gasteiger partial charge in [0.05, 0.1) is 19.1 Å². The number of carbonyl (C=O) groups excluding carboxylic acids is 3. The Hall–Kier alpha value is -2.41. The minimum atomic E-state index is -0.265. The van der Waals surface area contributed by atoms with E-state index in [0.717, 1.165) is 30.5 Å². The maximum Gasteiger partial charge on any atom is 0.243 e. The Morgan fingerprint density at radius 3 is 2.68 bits per heavy atom. The third-order valence-electron chi connectivity index (χ3n) is 4.38. The number of hydrogen-bond donors (Lipinski definition) is 3. The first-order chi connectivity index (χ1) is 12.0. The van der Waals surface area contributed by atoms with Crippen LogP contribution in [0, 0.1) is 0 Å². The van der Waals surface area contributed by atoms with Crippen LogP contribution >= 0.6 is 0 Å². The maximum absolute atomic E-state index is 12.1. The summed E-state index contributed by atoms with van der Waals surface area (Å²) in [6, 6.07) is 7.33. The fourth-order valence-corrected chi connectivity index (χ4v) is 3.04. The Morgan fingerprint density at radius 1 is 1.20 bits per heavy atom. The van der Waals surface area contributed by atoms with E-state index in [9.17, 15) is 14.4 Å². The lowest BCUT2D eigenvalue weighted by atomic mass is 10.1. The number of rotatable bonds is 7. The summed E-state index contributed by atoms with van der Waals surface area (Å²) in [7, 11) is 1.59. The molecule has 1 aromatic rings. The van der Waals surface area contributed by atoms with Crippen molar-refractivity contribution in [3.8, 4) is 0 Å². The molecule has 0 spiro atoms. The van der Waals surface area contributed by atoms with Crippen LogP contribution in [0.4, 0.5) is 5.69 Å². The molecule has 136 valence electrons. The minimum absolute atomic E-state index is 0.0702. The van der Waals surface area contributed by atoms with Crippen LogP contribution in [0.25, 0.3) is 0 Å². The molecule has 2 rings (SSSR count). The van der Waals surface area contributed by atoms with Crippen molar-refractivity contribution in [2.75, 3.05) is 32.0 Å². The van der Waals surface area contributed by atoms with Crippen molar-refractivity contribution in [2.45, 2.75) is 32.2 Å². The molecule has 1 saturated heterocycles. The van der Waals surface area contributed by atoms with E-state index in [0.29, 0.717) is 6.54 Å². The molecule has 25 heavy (non-hydrogen) atoms. The first kappa shape index (κ1) is 18.9. The Bertz CT molecular complexity index is 633. The van der Waals surface area contributed by atoms with E-state index in [1.165, 1.54) is 0 Å². The minimum Gasteiger partial charge on any atom is -0.358 e. The lowest BCUT2D eigenvalue weighted by Gasteiger charge is -2.22. The summed E-state index contributed by atoms with van der Waals surface area (Å²) in [5, 5.41) is 8.06. The molecule has 0 aliphatic carbocycles. The molecule has 1 unspecified atom stereocenters. The topological polar surface area (TPSA) is 90.5 Å². The number of likely N-dealkylation sites (tertiary alicyclic amines) is 1. The van der Waals surface area contributed by atoms with Crippen molar-refractivity contribution >= 4 is 23.4 Å². The first-order valence-corrected chi connectivity index (χ1v) is 8.65. The SMILES string of the molecule is CCc1ccccc1NC(=O)CNC(=O)CN1CCCC1C(=O)NC. The largest absolute Gasteiger partial charge is 0.358 e. The fraction of sp³-hybridized carbons (Fsp3) is 0.500. The van der Waals surface area contributed by atoms with Crippen molar-refractivity contribution in [1.29, 1.82) is 0 Å².